The maximum absolute atomic E-state index is 10.8. The molecule has 0 aromatic heterocycles. The van der Waals surface area contributed by atoms with Crippen molar-refractivity contribution in [1.82, 2.24) is 9.80 Å². The first kappa shape index (κ1) is 15.4. The highest BCUT2D eigenvalue weighted by atomic mass is 16.6. The van der Waals surface area contributed by atoms with E-state index >= 15 is 0 Å². The Morgan fingerprint density at radius 3 is 2.53 bits per heavy atom. The van der Waals surface area contributed by atoms with E-state index in [0.717, 1.165) is 25.1 Å². The third-order valence-corrected chi connectivity index (χ3v) is 2.96. The van der Waals surface area contributed by atoms with Gasteiger partial charge in [-0.2, -0.15) is 0 Å². The van der Waals surface area contributed by atoms with Crippen LogP contribution in [0, 0.1) is 10.1 Å². The Hall–Kier alpha value is -1.66. The van der Waals surface area contributed by atoms with E-state index in [9.17, 15) is 10.1 Å². The summed E-state index contributed by atoms with van der Waals surface area (Å²) in [7, 11) is 6.07. The summed E-state index contributed by atoms with van der Waals surface area (Å²) in [6, 6.07) is 4.95. The van der Waals surface area contributed by atoms with Crippen molar-refractivity contribution in [3.05, 3.63) is 33.9 Å². The summed E-state index contributed by atoms with van der Waals surface area (Å²) in [5.74, 6) is 0. The van der Waals surface area contributed by atoms with Crippen LogP contribution in [0.3, 0.4) is 0 Å². The second kappa shape index (κ2) is 7.06. The van der Waals surface area contributed by atoms with E-state index in [2.05, 4.69) is 9.80 Å². The molecular weight excluding hydrogens is 244 g/mol. The normalized spacial score (nSPS) is 11.2. The fraction of sp³-hybridized carbons (Fsp3) is 0.538. The van der Waals surface area contributed by atoms with Gasteiger partial charge in [0.2, 0.25) is 0 Å². The lowest BCUT2D eigenvalue weighted by Gasteiger charge is -2.19. The van der Waals surface area contributed by atoms with Crippen molar-refractivity contribution in [3.8, 4) is 0 Å². The topological polar surface area (TPSA) is 75.6 Å². The average Bonchev–Trinajstić information content (AvgIpc) is 2.31. The average molecular weight is 266 g/mol. The van der Waals surface area contributed by atoms with Gasteiger partial charge in [0, 0.05) is 12.6 Å². The summed E-state index contributed by atoms with van der Waals surface area (Å²) >= 11 is 0. The molecule has 0 unspecified atom stereocenters. The maximum Gasteiger partial charge on any atom is 0.292 e. The first-order valence-corrected chi connectivity index (χ1v) is 6.27. The summed E-state index contributed by atoms with van der Waals surface area (Å²) in [5, 5.41) is 10.8. The van der Waals surface area contributed by atoms with Crippen LogP contribution in [0.25, 0.3) is 0 Å². The van der Waals surface area contributed by atoms with Crippen LogP contribution in [-0.4, -0.2) is 49.0 Å². The Morgan fingerprint density at radius 1 is 1.26 bits per heavy atom. The third kappa shape index (κ3) is 4.84. The molecule has 0 fully saturated rings. The largest absolute Gasteiger partial charge is 0.393 e. The molecule has 0 radical (unpaired) electrons. The first-order valence-electron chi connectivity index (χ1n) is 6.27. The fourth-order valence-corrected chi connectivity index (χ4v) is 1.92. The van der Waals surface area contributed by atoms with E-state index in [0.29, 0.717) is 6.54 Å². The fourth-order valence-electron chi connectivity index (χ4n) is 1.92. The van der Waals surface area contributed by atoms with Gasteiger partial charge in [-0.15, -0.1) is 0 Å². The van der Waals surface area contributed by atoms with Crippen LogP contribution in [0.4, 0.5) is 11.4 Å². The molecule has 6 nitrogen and oxygen atoms in total. The van der Waals surface area contributed by atoms with Gasteiger partial charge in [-0.25, -0.2) is 0 Å². The summed E-state index contributed by atoms with van der Waals surface area (Å²) < 4.78 is 0. The predicted octanol–water partition coefficient (Wildman–Crippen LogP) is 1.56. The highest BCUT2D eigenvalue weighted by Crippen LogP contribution is 2.25. The predicted molar refractivity (Wildman–Crippen MR) is 77.0 cm³/mol. The van der Waals surface area contributed by atoms with Crippen LogP contribution in [0.2, 0.25) is 0 Å². The van der Waals surface area contributed by atoms with Crippen molar-refractivity contribution in [2.45, 2.75) is 13.0 Å². The SMILES string of the molecule is CN(C)CCCN(C)Cc1cccc([N+](=O)[O-])c1N. The number of nitrogens with zero attached hydrogens (tertiary/aromatic N) is 3. The van der Waals surface area contributed by atoms with Crippen LogP contribution < -0.4 is 5.73 Å². The molecule has 19 heavy (non-hydrogen) atoms. The zero-order chi connectivity index (χ0) is 14.4. The van der Waals surface area contributed by atoms with Gasteiger partial charge >= 0.3 is 0 Å². The van der Waals surface area contributed by atoms with Crippen LogP contribution in [0.5, 0.6) is 0 Å². The molecule has 1 rings (SSSR count). The standard InChI is InChI=1S/C13H22N4O2/c1-15(2)8-5-9-16(3)10-11-6-4-7-12(13(11)14)17(18)19/h4,6-7H,5,8-10,14H2,1-3H3. The zero-order valence-electron chi connectivity index (χ0n) is 11.8. The minimum absolute atomic E-state index is 0.0146. The number of hydrogen-bond acceptors (Lipinski definition) is 5. The van der Waals surface area contributed by atoms with Crippen molar-refractivity contribution < 1.29 is 4.92 Å². The molecule has 6 heteroatoms. The highest BCUT2D eigenvalue weighted by Gasteiger charge is 2.14. The van der Waals surface area contributed by atoms with E-state index in [1.54, 1.807) is 6.07 Å². The van der Waals surface area contributed by atoms with E-state index in [1.165, 1.54) is 6.07 Å². The molecule has 1 aromatic rings. The van der Waals surface area contributed by atoms with Crippen molar-refractivity contribution in [1.29, 1.82) is 0 Å². The maximum atomic E-state index is 10.8. The number of benzene rings is 1. The van der Waals surface area contributed by atoms with Crippen molar-refractivity contribution in [2.24, 2.45) is 0 Å². The molecule has 1 aromatic carbocycles. The molecular formula is C13H22N4O2. The van der Waals surface area contributed by atoms with Crippen LogP contribution >= 0.6 is 0 Å². The van der Waals surface area contributed by atoms with Gasteiger partial charge in [0.15, 0.2) is 0 Å². The number of nitrogens with two attached hydrogens (primary N) is 1. The van der Waals surface area contributed by atoms with Gasteiger partial charge in [-0.3, -0.25) is 10.1 Å². The molecule has 0 heterocycles. The Bertz CT molecular complexity index is 435. The summed E-state index contributed by atoms with van der Waals surface area (Å²) in [5.41, 5.74) is 6.90. The number of para-hydroxylation sites is 1. The molecule has 0 spiro atoms. The minimum Gasteiger partial charge on any atom is -0.393 e. The van der Waals surface area contributed by atoms with E-state index in [-0.39, 0.29) is 11.4 Å². The van der Waals surface area contributed by atoms with Crippen molar-refractivity contribution >= 4 is 11.4 Å². The monoisotopic (exact) mass is 266 g/mol. The van der Waals surface area contributed by atoms with E-state index in [4.69, 9.17) is 5.73 Å². The number of hydrogen-bond donors (Lipinski definition) is 1. The summed E-state index contributed by atoms with van der Waals surface area (Å²) in [6.45, 7) is 2.58. The molecule has 0 saturated heterocycles. The quantitative estimate of drug-likeness (QED) is 0.460. The van der Waals surface area contributed by atoms with E-state index in [1.807, 2.05) is 27.2 Å². The zero-order valence-corrected chi connectivity index (χ0v) is 11.8. The molecule has 0 amide bonds. The number of nitrogen functional groups attached to an aromatic ring is 1. The summed E-state index contributed by atoms with van der Waals surface area (Å²) in [4.78, 5) is 14.6. The number of rotatable bonds is 7. The van der Waals surface area contributed by atoms with Crippen molar-refractivity contribution in [2.75, 3.05) is 40.0 Å². The van der Waals surface area contributed by atoms with Gasteiger partial charge in [0.25, 0.3) is 5.69 Å². The molecule has 2 N–H and O–H groups in total. The lowest BCUT2D eigenvalue weighted by atomic mass is 10.1. The first-order chi connectivity index (χ1) is 8.91. The van der Waals surface area contributed by atoms with Crippen LogP contribution in [0.15, 0.2) is 18.2 Å². The van der Waals surface area contributed by atoms with Gasteiger partial charge in [0.05, 0.1) is 4.92 Å². The number of anilines is 1. The molecule has 0 aliphatic heterocycles. The number of nitro benzene ring substituents is 1. The second-order valence-electron chi connectivity index (χ2n) is 5.00. The molecule has 0 atom stereocenters. The van der Waals surface area contributed by atoms with E-state index < -0.39 is 4.92 Å². The lowest BCUT2D eigenvalue weighted by Crippen LogP contribution is -2.23. The summed E-state index contributed by atoms with van der Waals surface area (Å²) in [6.07, 6.45) is 1.05. The molecule has 0 saturated carbocycles. The second-order valence-corrected chi connectivity index (χ2v) is 5.00. The molecule has 0 aliphatic carbocycles. The highest BCUT2D eigenvalue weighted by molar-refractivity contribution is 5.62. The Balaban J connectivity index is 2.61. The Labute approximate surface area is 113 Å². The van der Waals surface area contributed by atoms with Crippen LogP contribution in [-0.2, 0) is 6.54 Å². The Kier molecular flexibility index (Phi) is 5.72. The molecule has 0 bridgehead atoms. The Morgan fingerprint density at radius 2 is 1.95 bits per heavy atom. The molecule has 106 valence electrons. The van der Waals surface area contributed by atoms with Gasteiger partial charge < -0.3 is 15.5 Å². The van der Waals surface area contributed by atoms with Gasteiger partial charge in [0.1, 0.15) is 5.69 Å². The minimum atomic E-state index is -0.440. The van der Waals surface area contributed by atoms with Gasteiger partial charge in [-0.1, -0.05) is 12.1 Å². The van der Waals surface area contributed by atoms with Crippen molar-refractivity contribution in [3.63, 3.8) is 0 Å². The van der Waals surface area contributed by atoms with Gasteiger partial charge in [-0.05, 0) is 46.2 Å². The number of nitro groups is 1. The van der Waals surface area contributed by atoms with Crippen LogP contribution in [0.1, 0.15) is 12.0 Å². The third-order valence-electron chi connectivity index (χ3n) is 2.96. The smallest absolute Gasteiger partial charge is 0.292 e. The molecule has 0 aliphatic rings. The lowest BCUT2D eigenvalue weighted by molar-refractivity contribution is -0.384.